The van der Waals surface area contributed by atoms with E-state index in [0.29, 0.717) is 5.06 Å². The van der Waals surface area contributed by atoms with Gasteiger partial charge in [-0.05, 0) is 27.3 Å². The molecule has 0 bridgehead atoms. The van der Waals surface area contributed by atoms with Crippen LogP contribution in [0.2, 0.25) is 0 Å². The summed E-state index contributed by atoms with van der Waals surface area (Å²) in [5, 5.41) is 19.6. The van der Waals surface area contributed by atoms with Crippen LogP contribution in [0.1, 0.15) is 13.8 Å². The van der Waals surface area contributed by atoms with Gasteiger partial charge in [0.15, 0.2) is 0 Å². The van der Waals surface area contributed by atoms with Crippen molar-refractivity contribution in [3.63, 3.8) is 0 Å². The zero-order valence-corrected chi connectivity index (χ0v) is 11.3. The van der Waals surface area contributed by atoms with Crippen LogP contribution in [0.4, 0.5) is 0 Å². The van der Waals surface area contributed by atoms with Crippen LogP contribution in [-0.4, -0.2) is 65.1 Å². The van der Waals surface area contributed by atoms with Crippen molar-refractivity contribution in [1.82, 2.24) is 9.96 Å². The Labute approximate surface area is 96.2 Å². The normalized spacial score (nSPS) is 16.0. The fraction of sp³-hybridized carbons (Fsp3) is 0.889. The number of hydroxylamine groups is 2. The first-order chi connectivity index (χ1) is 7.07. The molecule has 2 atom stereocenters. The summed E-state index contributed by atoms with van der Waals surface area (Å²) >= 11 is 0. The summed E-state index contributed by atoms with van der Waals surface area (Å²) in [7, 11) is -0.941. The fourth-order valence-corrected chi connectivity index (χ4v) is 1.71. The minimum atomic E-state index is -2.58. The van der Waals surface area contributed by atoms with Gasteiger partial charge in [0, 0.05) is 13.5 Å². The van der Waals surface area contributed by atoms with Gasteiger partial charge in [0.25, 0.3) is 0 Å². The third-order valence-electron chi connectivity index (χ3n) is 2.48. The van der Waals surface area contributed by atoms with E-state index in [1.54, 1.807) is 18.9 Å². The van der Waals surface area contributed by atoms with E-state index < -0.39 is 25.1 Å². The van der Waals surface area contributed by atoms with Gasteiger partial charge in [-0.1, -0.05) is 0 Å². The minimum absolute atomic E-state index is 0.135. The molecule has 7 heteroatoms. The van der Waals surface area contributed by atoms with Gasteiger partial charge in [0.1, 0.15) is 19.2 Å². The van der Waals surface area contributed by atoms with Crippen LogP contribution < -0.4 is 0 Å². The number of likely N-dealkylation sites (N-methyl/N-ethyl adjacent to an activating group) is 1. The molecular formula is C9H21N2O4P. The van der Waals surface area contributed by atoms with Crippen LogP contribution in [0.25, 0.3) is 0 Å². The lowest BCUT2D eigenvalue weighted by Crippen LogP contribution is -2.47. The molecule has 0 aromatic rings. The molecule has 0 aliphatic rings. The van der Waals surface area contributed by atoms with Crippen LogP contribution in [-0.2, 0) is 9.36 Å². The maximum atomic E-state index is 11.6. The summed E-state index contributed by atoms with van der Waals surface area (Å²) in [6.07, 6.45) is -0.571. The first-order valence-electron chi connectivity index (χ1n) is 4.99. The van der Waals surface area contributed by atoms with Gasteiger partial charge < -0.3 is 9.67 Å². The highest BCUT2D eigenvalue weighted by Crippen LogP contribution is 2.41. The zero-order chi connectivity index (χ0) is 13.1. The number of nitrogens with zero attached hydrogens (tertiary/aromatic N) is 2. The molecule has 0 saturated carbocycles. The maximum absolute atomic E-state index is 11.6. The van der Waals surface area contributed by atoms with Crippen LogP contribution in [0.15, 0.2) is 0 Å². The van der Waals surface area contributed by atoms with Gasteiger partial charge in [0.2, 0.25) is 5.91 Å². The molecular weight excluding hydrogens is 231 g/mol. The molecule has 0 fully saturated rings. The molecule has 0 aliphatic carbocycles. The van der Waals surface area contributed by atoms with E-state index >= 15 is 0 Å². The minimum Gasteiger partial charge on any atom is -0.384 e. The lowest BCUT2D eigenvalue weighted by Gasteiger charge is -2.32. The number of aliphatic hydroxyl groups is 1. The highest BCUT2D eigenvalue weighted by Gasteiger charge is 2.26. The summed E-state index contributed by atoms with van der Waals surface area (Å²) < 4.78 is 11.6. The number of hydrogen-bond donors (Lipinski definition) is 2. The van der Waals surface area contributed by atoms with Crippen molar-refractivity contribution in [2.45, 2.75) is 25.9 Å². The molecule has 0 aromatic carbocycles. The predicted octanol–water partition coefficient (Wildman–Crippen LogP) is 0.443. The Kier molecular flexibility index (Phi) is 5.62. The van der Waals surface area contributed by atoms with Crippen LogP contribution in [0, 0.1) is 0 Å². The van der Waals surface area contributed by atoms with Crippen molar-refractivity contribution in [2.75, 3.05) is 26.9 Å². The zero-order valence-electron chi connectivity index (χ0n) is 10.4. The van der Waals surface area contributed by atoms with Crippen molar-refractivity contribution in [3.05, 3.63) is 0 Å². The molecule has 96 valence electrons. The molecule has 0 saturated heterocycles. The smallest absolute Gasteiger partial charge is 0.244 e. The van der Waals surface area contributed by atoms with E-state index in [4.69, 9.17) is 0 Å². The Morgan fingerprint density at radius 2 is 1.88 bits per heavy atom. The summed E-state index contributed by atoms with van der Waals surface area (Å²) in [6.45, 7) is 5.99. The SMILES string of the molecule is CC(=O)N(O)C(C)N(C)CC(O)P(C)(C)=O. The lowest BCUT2D eigenvalue weighted by atomic mass is 10.4. The number of rotatable bonds is 5. The second-order valence-electron chi connectivity index (χ2n) is 4.35. The number of carbonyl (C=O) groups is 1. The lowest BCUT2D eigenvalue weighted by molar-refractivity contribution is -0.186. The van der Waals surface area contributed by atoms with E-state index in [1.165, 1.54) is 20.3 Å². The van der Waals surface area contributed by atoms with Crippen molar-refractivity contribution < 1.29 is 19.7 Å². The highest BCUT2D eigenvalue weighted by molar-refractivity contribution is 7.62. The largest absolute Gasteiger partial charge is 0.384 e. The molecule has 1 amide bonds. The second-order valence-corrected chi connectivity index (χ2v) is 7.81. The Balaban J connectivity index is 4.42. The third kappa shape index (κ3) is 4.61. The molecule has 0 aromatic heterocycles. The molecule has 16 heavy (non-hydrogen) atoms. The van der Waals surface area contributed by atoms with E-state index in [2.05, 4.69) is 0 Å². The molecule has 6 nitrogen and oxygen atoms in total. The average molecular weight is 252 g/mol. The van der Waals surface area contributed by atoms with Crippen molar-refractivity contribution in [3.8, 4) is 0 Å². The van der Waals surface area contributed by atoms with Crippen LogP contribution in [0.3, 0.4) is 0 Å². The maximum Gasteiger partial charge on any atom is 0.244 e. The standard InChI is InChI=1S/C9H21N2O4P/c1-7(11(14)8(2)12)10(3)6-9(13)16(4,5)15/h7,9,13-14H,6H2,1-5H3. The molecule has 0 aliphatic heterocycles. The third-order valence-corrected chi connectivity index (χ3v) is 4.08. The molecule has 0 radical (unpaired) electrons. The highest BCUT2D eigenvalue weighted by atomic mass is 31.2. The number of aliphatic hydroxyl groups excluding tert-OH is 1. The Hall–Kier alpha value is -0.420. The first kappa shape index (κ1) is 15.6. The van der Waals surface area contributed by atoms with E-state index in [9.17, 15) is 19.7 Å². The summed E-state index contributed by atoms with van der Waals surface area (Å²) in [5.74, 6) is -1.44. The second kappa shape index (κ2) is 5.77. The topological polar surface area (TPSA) is 81.1 Å². The van der Waals surface area contributed by atoms with E-state index in [-0.39, 0.29) is 6.54 Å². The summed E-state index contributed by atoms with van der Waals surface area (Å²) in [5.41, 5.74) is 0. The van der Waals surface area contributed by atoms with Crippen molar-refractivity contribution in [2.24, 2.45) is 0 Å². The van der Waals surface area contributed by atoms with Crippen LogP contribution >= 0.6 is 7.14 Å². The molecule has 0 spiro atoms. The van der Waals surface area contributed by atoms with Gasteiger partial charge in [-0.2, -0.15) is 0 Å². The Bertz CT molecular complexity index is 291. The first-order valence-corrected chi connectivity index (χ1v) is 7.66. The fourth-order valence-electron chi connectivity index (χ4n) is 1.06. The quantitative estimate of drug-likeness (QED) is 0.321. The van der Waals surface area contributed by atoms with E-state index in [0.717, 1.165) is 0 Å². The summed E-state index contributed by atoms with van der Waals surface area (Å²) in [4.78, 5) is 12.5. The Morgan fingerprint density at radius 3 is 2.19 bits per heavy atom. The molecule has 2 unspecified atom stereocenters. The van der Waals surface area contributed by atoms with Gasteiger partial charge in [-0.3, -0.25) is 14.9 Å². The monoisotopic (exact) mass is 252 g/mol. The van der Waals surface area contributed by atoms with Gasteiger partial charge in [-0.25, -0.2) is 5.06 Å². The van der Waals surface area contributed by atoms with Gasteiger partial charge in [-0.15, -0.1) is 0 Å². The van der Waals surface area contributed by atoms with Crippen molar-refractivity contribution in [1.29, 1.82) is 0 Å². The van der Waals surface area contributed by atoms with Crippen LogP contribution in [0.5, 0.6) is 0 Å². The molecule has 2 N–H and O–H groups in total. The van der Waals surface area contributed by atoms with Gasteiger partial charge >= 0.3 is 0 Å². The van der Waals surface area contributed by atoms with Crippen molar-refractivity contribution >= 4 is 13.0 Å². The molecule has 0 rings (SSSR count). The Morgan fingerprint density at radius 1 is 1.44 bits per heavy atom. The van der Waals surface area contributed by atoms with E-state index in [1.807, 2.05) is 0 Å². The number of amides is 1. The summed E-state index contributed by atoms with van der Waals surface area (Å²) in [6, 6.07) is 0. The number of hydrogen-bond acceptors (Lipinski definition) is 5. The predicted molar refractivity (Wildman–Crippen MR) is 61.9 cm³/mol. The van der Waals surface area contributed by atoms with Gasteiger partial charge in [0.05, 0.1) is 0 Å². The molecule has 0 heterocycles. The average Bonchev–Trinajstić information content (AvgIpc) is 2.13. The number of carbonyl (C=O) groups excluding carboxylic acids is 1.